The Morgan fingerprint density at radius 1 is 1.16 bits per heavy atom. The quantitative estimate of drug-likeness (QED) is 0.258. The number of nitrogens with zero attached hydrogens (tertiary/aromatic N) is 2. The van der Waals surface area contributed by atoms with Gasteiger partial charge in [0, 0.05) is 27.0 Å². The Morgan fingerprint density at radius 2 is 1.92 bits per heavy atom. The van der Waals surface area contributed by atoms with E-state index in [1.807, 2.05) is 13.8 Å². The van der Waals surface area contributed by atoms with E-state index in [4.69, 9.17) is 21.1 Å². The molecule has 0 unspecified atom stereocenters. The molecular formula is C26H24ClN3O5S2. The predicted octanol–water partition coefficient (Wildman–Crippen LogP) is 6.19. The molecule has 0 saturated carbocycles. The Balaban J connectivity index is 0.00000156. The molecule has 0 atom stereocenters. The van der Waals surface area contributed by atoms with Crippen molar-refractivity contribution >= 4 is 60.5 Å². The van der Waals surface area contributed by atoms with E-state index >= 15 is 0 Å². The molecule has 4 aromatic heterocycles. The number of esters is 1. The second kappa shape index (κ2) is 10.9. The first-order valence-corrected chi connectivity index (χ1v) is 13.5. The van der Waals surface area contributed by atoms with E-state index in [1.54, 1.807) is 51.4 Å². The maximum Gasteiger partial charge on any atom is 0.348 e. The molecule has 0 radical (unpaired) electrons. The molecule has 0 aliphatic heterocycles. The number of halogens is 1. The van der Waals surface area contributed by atoms with Crippen molar-refractivity contribution in [2.24, 2.45) is 0 Å². The second-order valence-electron chi connectivity index (χ2n) is 7.58. The van der Waals surface area contributed by atoms with E-state index in [2.05, 4.69) is 9.97 Å². The minimum atomic E-state index is -0.610. The van der Waals surface area contributed by atoms with Gasteiger partial charge in [-0.1, -0.05) is 25.4 Å². The number of benzene rings is 1. The van der Waals surface area contributed by atoms with E-state index in [0.29, 0.717) is 57.6 Å². The Labute approximate surface area is 225 Å². The molecular weight excluding hydrogens is 534 g/mol. The molecule has 5 aromatic rings. The number of carbonyl (C=O) groups excluding carboxylic acids is 1. The van der Waals surface area contributed by atoms with Crippen molar-refractivity contribution in [2.75, 3.05) is 13.7 Å². The third kappa shape index (κ3) is 4.68. The van der Waals surface area contributed by atoms with Crippen LogP contribution in [0.2, 0.25) is 5.02 Å². The fraction of sp³-hybridized carbons (Fsp3) is 0.231. The monoisotopic (exact) mass is 557 g/mol. The number of nitrogens with one attached hydrogen (secondary N) is 1. The summed E-state index contributed by atoms with van der Waals surface area (Å²) in [6.45, 7) is 7.74. The Bertz CT molecular complexity index is 1750. The zero-order valence-corrected chi connectivity index (χ0v) is 23.2. The number of pyridine rings is 1. The number of rotatable bonds is 5. The lowest BCUT2D eigenvalue weighted by atomic mass is 10.1. The molecule has 0 bridgehead atoms. The molecule has 8 nitrogen and oxygen atoms in total. The third-order valence-electron chi connectivity index (χ3n) is 5.53. The summed E-state index contributed by atoms with van der Waals surface area (Å²) < 4.78 is 12.5. The Morgan fingerprint density at radius 3 is 2.62 bits per heavy atom. The van der Waals surface area contributed by atoms with E-state index < -0.39 is 17.2 Å². The number of carbonyl (C=O) groups is 1. The molecule has 0 aliphatic rings. The van der Waals surface area contributed by atoms with Crippen LogP contribution >= 0.6 is 34.3 Å². The zero-order chi connectivity index (χ0) is 26.9. The maximum absolute atomic E-state index is 13.6. The summed E-state index contributed by atoms with van der Waals surface area (Å²) in [6.07, 6.45) is 3.05. The summed E-state index contributed by atoms with van der Waals surface area (Å²) >= 11 is 8.83. The number of aromatic amines is 1. The van der Waals surface area contributed by atoms with Crippen LogP contribution in [0.25, 0.3) is 36.4 Å². The maximum atomic E-state index is 13.6. The summed E-state index contributed by atoms with van der Waals surface area (Å²) in [5.41, 5.74) is 0.925. The summed E-state index contributed by atoms with van der Waals surface area (Å²) in [7, 11) is 1.56. The highest BCUT2D eigenvalue weighted by molar-refractivity contribution is 7.22. The van der Waals surface area contributed by atoms with E-state index in [1.165, 1.54) is 28.9 Å². The number of methoxy groups -OCH3 is 1. The van der Waals surface area contributed by atoms with Gasteiger partial charge in [0.1, 0.15) is 15.3 Å². The summed E-state index contributed by atoms with van der Waals surface area (Å²) in [5, 5.41) is 1.10. The van der Waals surface area contributed by atoms with Gasteiger partial charge in [0.05, 0.1) is 35.8 Å². The van der Waals surface area contributed by atoms with Gasteiger partial charge in [-0.2, -0.15) is 0 Å². The van der Waals surface area contributed by atoms with Crippen molar-refractivity contribution in [3.8, 4) is 21.9 Å². The largest absolute Gasteiger partial charge is 0.497 e. The topological polar surface area (TPSA) is 103 Å². The highest BCUT2D eigenvalue weighted by Crippen LogP contribution is 2.38. The SMILES string of the molecule is CC.CCOC(=O)c1sc2cncc(-n3c(=O)[nH]c4cc(-c5cc(OC)ccc5Cl)sc4c3=O)c2c1C. The lowest BCUT2D eigenvalue weighted by Gasteiger charge is -2.07. The molecule has 1 N–H and O–H groups in total. The average Bonchev–Trinajstić information content (AvgIpc) is 3.47. The summed E-state index contributed by atoms with van der Waals surface area (Å²) in [4.78, 5) is 47.2. The number of H-pyrrole nitrogens is 1. The minimum Gasteiger partial charge on any atom is -0.497 e. The molecule has 11 heteroatoms. The van der Waals surface area contributed by atoms with Crippen LogP contribution in [0.5, 0.6) is 5.75 Å². The van der Waals surface area contributed by atoms with Crippen molar-refractivity contribution in [3.63, 3.8) is 0 Å². The Hall–Kier alpha value is -3.47. The van der Waals surface area contributed by atoms with E-state index in [-0.39, 0.29) is 6.61 Å². The zero-order valence-electron chi connectivity index (χ0n) is 20.8. The van der Waals surface area contributed by atoms with Crippen molar-refractivity contribution in [1.82, 2.24) is 14.5 Å². The van der Waals surface area contributed by atoms with Gasteiger partial charge in [0.2, 0.25) is 0 Å². The standard InChI is InChI=1S/C24H18ClN3O5S2.C2H6/c1-4-33-23(30)20-11(2)19-16(9-26-10-18(19)35-20)28-22(29)21-15(27-24(28)31)8-17(34-21)13-7-12(32-3)5-6-14(13)25;1-2/h5-10H,4H2,1-3H3,(H,27,31);1-2H3. The van der Waals surface area contributed by atoms with Gasteiger partial charge in [-0.15, -0.1) is 22.7 Å². The number of hydrogen-bond acceptors (Lipinski definition) is 8. The molecule has 0 saturated heterocycles. The number of aryl methyl sites for hydroxylation is 1. The van der Waals surface area contributed by atoms with Crippen LogP contribution in [0.15, 0.2) is 46.2 Å². The van der Waals surface area contributed by atoms with Crippen molar-refractivity contribution < 1.29 is 14.3 Å². The molecule has 192 valence electrons. The lowest BCUT2D eigenvalue weighted by Crippen LogP contribution is -2.33. The number of hydrogen-bond donors (Lipinski definition) is 1. The summed E-state index contributed by atoms with van der Waals surface area (Å²) in [5.74, 6) is 0.169. The number of thiophene rings is 2. The molecule has 0 spiro atoms. The van der Waals surface area contributed by atoms with Crippen molar-refractivity contribution in [1.29, 1.82) is 0 Å². The highest BCUT2D eigenvalue weighted by Gasteiger charge is 2.22. The molecule has 5 rings (SSSR count). The van der Waals surface area contributed by atoms with Crippen molar-refractivity contribution in [2.45, 2.75) is 27.7 Å². The minimum absolute atomic E-state index is 0.242. The Kier molecular flexibility index (Phi) is 7.82. The molecule has 1 aromatic carbocycles. The van der Waals surface area contributed by atoms with Crippen LogP contribution in [0.4, 0.5) is 0 Å². The van der Waals surface area contributed by atoms with E-state index in [9.17, 15) is 14.4 Å². The van der Waals surface area contributed by atoms with Crippen molar-refractivity contribution in [3.05, 3.63) is 73.0 Å². The first-order valence-electron chi connectivity index (χ1n) is 11.5. The van der Waals surface area contributed by atoms with Gasteiger partial charge in [0.15, 0.2) is 0 Å². The van der Waals surface area contributed by atoms with Gasteiger partial charge in [0.25, 0.3) is 5.56 Å². The normalized spacial score (nSPS) is 10.9. The van der Waals surface area contributed by atoms with Crippen LogP contribution < -0.4 is 16.0 Å². The first-order chi connectivity index (χ1) is 17.8. The predicted molar refractivity (Wildman–Crippen MR) is 150 cm³/mol. The first kappa shape index (κ1) is 26.6. The lowest BCUT2D eigenvalue weighted by molar-refractivity contribution is 0.0531. The van der Waals surface area contributed by atoms with Gasteiger partial charge in [-0.25, -0.2) is 14.2 Å². The smallest absolute Gasteiger partial charge is 0.348 e. The average molecular weight is 558 g/mol. The van der Waals surface area contributed by atoms with Gasteiger partial charge in [-0.05, 0) is 43.7 Å². The van der Waals surface area contributed by atoms with E-state index in [0.717, 1.165) is 4.57 Å². The highest BCUT2D eigenvalue weighted by atomic mass is 35.5. The summed E-state index contributed by atoms with van der Waals surface area (Å²) in [6, 6.07) is 6.96. The second-order valence-corrected chi connectivity index (χ2v) is 10.1. The fourth-order valence-corrected chi connectivity index (χ4v) is 6.37. The molecule has 37 heavy (non-hydrogen) atoms. The van der Waals surface area contributed by atoms with Crippen LogP contribution in [-0.4, -0.2) is 34.2 Å². The molecule has 0 amide bonds. The number of aromatic nitrogens is 3. The van der Waals surface area contributed by atoms with Gasteiger partial charge in [-0.3, -0.25) is 9.78 Å². The van der Waals surface area contributed by atoms with Crippen LogP contribution in [0.3, 0.4) is 0 Å². The van der Waals surface area contributed by atoms with Gasteiger partial charge >= 0.3 is 11.7 Å². The van der Waals surface area contributed by atoms with Crippen LogP contribution in [0, 0.1) is 6.92 Å². The number of fused-ring (bicyclic) bond motifs is 2. The number of ether oxygens (including phenoxy) is 2. The molecule has 0 aliphatic carbocycles. The fourth-order valence-electron chi connectivity index (χ4n) is 3.93. The van der Waals surface area contributed by atoms with Crippen LogP contribution in [-0.2, 0) is 4.74 Å². The molecule has 4 heterocycles. The molecule has 0 fully saturated rings. The van der Waals surface area contributed by atoms with Crippen LogP contribution in [0.1, 0.15) is 36.0 Å². The third-order valence-corrected chi connectivity index (χ3v) is 8.23. The van der Waals surface area contributed by atoms with Gasteiger partial charge < -0.3 is 14.5 Å².